The second-order valence-electron chi connectivity index (χ2n) is 5.78. The van der Waals surface area contributed by atoms with Crippen molar-refractivity contribution in [1.29, 1.82) is 0 Å². The molecule has 0 aliphatic rings. The van der Waals surface area contributed by atoms with E-state index >= 15 is 0 Å². The molecule has 0 spiro atoms. The molecular formula is C21H19ClN2O3S. The summed E-state index contributed by atoms with van der Waals surface area (Å²) in [5.74, 6) is 1.45. The zero-order valence-electron chi connectivity index (χ0n) is 15.4. The number of benzene rings is 2. The van der Waals surface area contributed by atoms with Gasteiger partial charge >= 0.3 is 0 Å². The molecular weight excluding hydrogens is 396 g/mol. The number of carbonyl (C=O) groups excluding carboxylic acids is 1. The van der Waals surface area contributed by atoms with Crippen LogP contribution in [0.3, 0.4) is 0 Å². The lowest BCUT2D eigenvalue weighted by molar-refractivity contribution is 0.102. The van der Waals surface area contributed by atoms with Crippen molar-refractivity contribution in [3.05, 3.63) is 77.1 Å². The zero-order valence-corrected chi connectivity index (χ0v) is 17.0. The molecule has 0 bridgehead atoms. The van der Waals surface area contributed by atoms with Crippen molar-refractivity contribution >= 4 is 35.0 Å². The smallest absolute Gasteiger partial charge is 0.256 e. The number of thioether (sulfide) groups is 1. The van der Waals surface area contributed by atoms with Crippen LogP contribution in [0, 0.1) is 0 Å². The Kier molecular flexibility index (Phi) is 6.79. The number of aromatic nitrogens is 1. The number of nitrogens with zero attached hydrogens (tertiary/aromatic N) is 1. The highest BCUT2D eigenvalue weighted by molar-refractivity contribution is 7.98. The van der Waals surface area contributed by atoms with Crippen molar-refractivity contribution in [3.63, 3.8) is 0 Å². The van der Waals surface area contributed by atoms with Crippen molar-refractivity contribution in [3.8, 4) is 11.5 Å². The third kappa shape index (κ3) is 4.77. The van der Waals surface area contributed by atoms with Gasteiger partial charge in [0.15, 0.2) is 0 Å². The van der Waals surface area contributed by atoms with Crippen LogP contribution in [-0.2, 0) is 5.75 Å². The highest BCUT2D eigenvalue weighted by atomic mass is 35.5. The summed E-state index contributed by atoms with van der Waals surface area (Å²) in [7, 11) is 3.05. The molecule has 0 unspecified atom stereocenters. The fourth-order valence-electron chi connectivity index (χ4n) is 2.57. The standard InChI is InChI=1S/C21H19ClN2O3S/c1-26-18-12-19(27-2)17(11-16(18)22)24-21(25)15-5-3-4-6-20(15)28-13-14-7-9-23-10-8-14/h3-12H,13H2,1-2H3,(H,24,25). The topological polar surface area (TPSA) is 60.5 Å². The van der Waals surface area contributed by atoms with E-state index < -0.39 is 0 Å². The summed E-state index contributed by atoms with van der Waals surface area (Å²) >= 11 is 7.79. The molecule has 28 heavy (non-hydrogen) atoms. The van der Waals surface area contributed by atoms with Gasteiger partial charge < -0.3 is 14.8 Å². The first-order chi connectivity index (χ1) is 13.6. The number of rotatable bonds is 7. The predicted octanol–water partition coefficient (Wildman–Crippen LogP) is 5.30. The van der Waals surface area contributed by atoms with Crippen LogP contribution in [0.15, 0.2) is 65.8 Å². The highest BCUT2D eigenvalue weighted by Crippen LogP contribution is 2.36. The van der Waals surface area contributed by atoms with Gasteiger partial charge in [-0.1, -0.05) is 23.7 Å². The first-order valence-electron chi connectivity index (χ1n) is 8.46. The van der Waals surface area contributed by atoms with Crippen LogP contribution in [0.25, 0.3) is 0 Å². The number of methoxy groups -OCH3 is 2. The molecule has 5 nitrogen and oxygen atoms in total. The number of amides is 1. The lowest BCUT2D eigenvalue weighted by atomic mass is 10.2. The first-order valence-corrected chi connectivity index (χ1v) is 9.82. The van der Waals surface area contributed by atoms with Gasteiger partial charge in [0.1, 0.15) is 11.5 Å². The van der Waals surface area contributed by atoms with Gasteiger partial charge in [0.2, 0.25) is 0 Å². The van der Waals surface area contributed by atoms with E-state index in [2.05, 4.69) is 10.3 Å². The lowest BCUT2D eigenvalue weighted by Gasteiger charge is -2.14. The Hall–Kier alpha value is -2.70. The van der Waals surface area contributed by atoms with Gasteiger partial charge in [-0.05, 0) is 35.9 Å². The molecule has 0 aliphatic carbocycles. The Morgan fingerprint density at radius 2 is 1.79 bits per heavy atom. The molecule has 0 fully saturated rings. The second kappa shape index (κ2) is 9.48. The minimum absolute atomic E-state index is 0.239. The first kappa shape index (κ1) is 20.0. The van der Waals surface area contributed by atoms with Crippen LogP contribution in [0.1, 0.15) is 15.9 Å². The van der Waals surface area contributed by atoms with Crippen molar-refractivity contribution in [2.24, 2.45) is 0 Å². The minimum Gasteiger partial charge on any atom is -0.495 e. The number of halogens is 1. The number of hydrogen-bond donors (Lipinski definition) is 1. The van der Waals surface area contributed by atoms with Crippen molar-refractivity contribution in [2.45, 2.75) is 10.6 Å². The van der Waals surface area contributed by atoms with Crippen LogP contribution < -0.4 is 14.8 Å². The number of hydrogen-bond acceptors (Lipinski definition) is 5. The number of anilines is 1. The maximum absolute atomic E-state index is 12.9. The average molecular weight is 415 g/mol. The van der Waals surface area contributed by atoms with Gasteiger partial charge in [-0.2, -0.15) is 0 Å². The summed E-state index contributed by atoms with van der Waals surface area (Å²) in [6.07, 6.45) is 3.52. The third-order valence-corrected chi connectivity index (χ3v) is 5.44. The average Bonchev–Trinajstić information content (AvgIpc) is 2.73. The molecule has 0 saturated heterocycles. The van der Waals surface area contributed by atoms with Gasteiger partial charge in [0.25, 0.3) is 5.91 Å². The molecule has 1 heterocycles. The monoisotopic (exact) mass is 414 g/mol. The summed E-state index contributed by atoms with van der Waals surface area (Å²) in [5, 5.41) is 3.27. The number of nitrogens with one attached hydrogen (secondary N) is 1. The van der Waals surface area contributed by atoms with E-state index in [1.165, 1.54) is 14.2 Å². The fraction of sp³-hybridized carbons (Fsp3) is 0.143. The Balaban J connectivity index is 1.81. The SMILES string of the molecule is COc1cc(OC)c(NC(=O)c2ccccc2SCc2ccncc2)cc1Cl. The Morgan fingerprint density at radius 1 is 1.07 bits per heavy atom. The molecule has 3 rings (SSSR count). The van der Waals surface area contributed by atoms with E-state index in [4.69, 9.17) is 21.1 Å². The fourth-order valence-corrected chi connectivity index (χ4v) is 3.81. The molecule has 0 radical (unpaired) electrons. The summed E-state index contributed by atoms with van der Waals surface area (Å²) < 4.78 is 10.5. The minimum atomic E-state index is -0.239. The number of pyridine rings is 1. The maximum atomic E-state index is 12.9. The van der Waals surface area contributed by atoms with E-state index in [1.54, 1.807) is 42.4 Å². The Bertz CT molecular complexity index is 967. The van der Waals surface area contributed by atoms with Crippen LogP contribution in [0.5, 0.6) is 11.5 Å². The summed E-state index contributed by atoms with van der Waals surface area (Å²) in [6, 6.07) is 14.6. The van der Waals surface area contributed by atoms with Gasteiger partial charge in [0, 0.05) is 29.1 Å². The van der Waals surface area contributed by atoms with E-state index in [-0.39, 0.29) is 5.91 Å². The molecule has 3 aromatic rings. The van der Waals surface area contributed by atoms with E-state index in [0.717, 1.165) is 16.2 Å². The molecule has 144 valence electrons. The molecule has 1 aromatic heterocycles. The lowest BCUT2D eigenvalue weighted by Crippen LogP contribution is -2.14. The quantitative estimate of drug-likeness (QED) is 0.532. The van der Waals surface area contributed by atoms with Crippen LogP contribution >= 0.6 is 23.4 Å². The predicted molar refractivity (Wildman–Crippen MR) is 113 cm³/mol. The largest absolute Gasteiger partial charge is 0.495 e. The molecule has 0 aliphatic heterocycles. The van der Waals surface area contributed by atoms with Crippen LogP contribution in [0.4, 0.5) is 5.69 Å². The molecule has 1 amide bonds. The van der Waals surface area contributed by atoms with E-state index in [9.17, 15) is 4.79 Å². The van der Waals surface area contributed by atoms with Crippen molar-refractivity contribution in [1.82, 2.24) is 4.98 Å². The number of carbonyl (C=O) groups is 1. The maximum Gasteiger partial charge on any atom is 0.256 e. The second-order valence-corrected chi connectivity index (χ2v) is 7.21. The van der Waals surface area contributed by atoms with Gasteiger partial charge in [0.05, 0.1) is 30.5 Å². The van der Waals surface area contributed by atoms with Gasteiger partial charge in [-0.25, -0.2) is 0 Å². The Morgan fingerprint density at radius 3 is 2.50 bits per heavy atom. The van der Waals surface area contributed by atoms with Crippen molar-refractivity contribution < 1.29 is 14.3 Å². The van der Waals surface area contributed by atoms with E-state index in [0.29, 0.717) is 27.8 Å². The molecule has 7 heteroatoms. The normalized spacial score (nSPS) is 10.4. The van der Waals surface area contributed by atoms with Crippen molar-refractivity contribution in [2.75, 3.05) is 19.5 Å². The summed E-state index contributed by atoms with van der Waals surface area (Å²) in [4.78, 5) is 17.8. The third-order valence-electron chi connectivity index (χ3n) is 4.00. The summed E-state index contributed by atoms with van der Waals surface area (Å²) in [6.45, 7) is 0. The molecule has 0 atom stereocenters. The summed E-state index contributed by atoms with van der Waals surface area (Å²) in [5.41, 5.74) is 2.20. The Labute approximate surface area is 173 Å². The van der Waals surface area contributed by atoms with Crippen LogP contribution in [0.2, 0.25) is 5.02 Å². The molecule has 0 saturated carbocycles. The van der Waals surface area contributed by atoms with Gasteiger partial charge in [-0.15, -0.1) is 11.8 Å². The number of ether oxygens (including phenoxy) is 2. The molecule has 2 aromatic carbocycles. The molecule has 1 N–H and O–H groups in total. The zero-order chi connectivity index (χ0) is 19.9. The van der Waals surface area contributed by atoms with Crippen LogP contribution in [-0.4, -0.2) is 25.1 Å². The van der Waals surface area contributed by atoms with E-state index in [1.807, 2.05) is 30.3 Å². The van der Waals surface area contributed by atoms with Gasteiger partial charge in [-0.3, -0.25) is 9.78 Å². The highest BCUT2D eigenvalue weighted by Gasteiger charge is 2.16.